The van der Waals surface area contributed by atoms with Crippen molar-refractivity contribution in [2.24, 2.45) is 50.2 Å². The molecule has 0 spiro atoms. The number of Topliss-reactive ketones (excluding diaryl/α,β-unsaturated/α-hetero) is 1. The number of methoxy groups -OCH3 is 1. The van der Waals surface area contributed by atoms with Crippen molar-refractivity contribution in [1.29, 1.82) is 0 Å². The summed E-state index contributed by atoms with van der Waals surface area (Å²) in [5, 5.41) is 0. The number of esters is 1. The molecule has 5 aliphatic carbocycles. The van der Waals surface area contributed by atoms with Crippen molar-refractivity contribution in [2.45, 2.75) is 99.8 Å². The number of ether oxygens (including phenoxy) is 1. The van der Waals surface area contributed by atoms with Gasteiger partial charge >= 0.3 is 5.97 Å². The van der Waals surface area contributed by atoms with E-state index in [9.17, 15) is 14.4 Å². The predicted octanol–water partition coefficient (Wildman–Crippen LogP) is 8.11. The number of hydrogen-bond acceptors (Lipinski definition) is 4. The van der Waals surface area contributed by atoms with Gasteiger partial charge in [-0.05, 0) is 85.5 Å². The number of carbonyl (C=O) groups excluding carboxylic acids is 3. The van der Waals surface area contributed by atoms with Crippen LogP contribution in [0.2, 0.25) is 0 Å². The molecule has 0 bridgehead atoms. The molecule has 0 aliphatic heterocycles. The minimum Gasteiger partial charge on any atom is -0.469 e. The van der Waals surface area contributed by atoms with Gasteiger partial charge in [-0.3, -0.25) is 9.59 Å². The summed E-state index contributed by atoms with van der Waals surface area (Å²) < 4.78 is 35.4. The molecule has 0 aromatic rings. The van der Waals surface area contributed by atoms with Crippen LogP contribution in [0.15, 0.2) is 23.4 Å². The van der Waals surface area contributed by atoms with Crippen LogP contribution in [0.3, 0.4) is 0 Å². The lowest BCUT2D eigenvalue weighted by Gasteiger charge is -2.69. The Balaban J connectivity index is 0.00000137. The first-order chi connectivity index (χ1) is 20.6. The van der Waals surface area contributed by atoms with Crippen molar-refractivity contribution >= 4 is 17.5 Å². The standard InChI is InChI=1S/C33H45NO4.4H2/c1-10-29(4)23-11-12-31(6)24(30(23,5)19-21(34-8)26(29)36)17-22(35)25-20-18-28(2,3)13-15-33(20,27(37)38-9)16-14-32(25,31)7;;;;/h17,19-20,23,25H,10-16,18H2,1-7,9H3;4*1H/t20-,23-,25-,29-,30-,31+,32+,33-;;;;/m0..../s1/i;3*1+2T;1+2. The molecule has 5 nitrogen and oxygen atoms in total. The van der Waals surface area contributed by atoms with E-state index >= 15 is 0 Å². The highest BCUT2D eigenvalue weighted by Crippen LogP contribution is 2.74. The van der Waals surface area contributed by atoms with E-state index < -0.39 is 16.2 Å². The smallest absolute Gasteiger partial charge is 0.312 e. The van der Waals surface area contributed by atoms with Crippen molar-refractivity contribution < 1.29 is 29.5 Å². The Morgan fingerprint density at radius 1 is 1.11 bits per heavy atom. The third-order valence-electron chi connectivity index (χ3n) is 13.0. The van der Waals surface area contributed by atoms with Crippen LogP contribution in [0.4, 0.5) is 0 Å². The second kappa shape index (κ2) is 8.15. The molecule has 0 aromatic carbocycles. The van der Waals surface area contributed by atoms with Crippen LogP contribution >= 0.6 is 0 Å². The zero-order valence-electron chi connectivity index (χ0n) is 30.6. The minimum atomic E-state index is -0.619. The van der Waals surface area contributed by atoms with E-state index in [2.05, 4.69) is 46.4 Å². The Bertz CT molecular complexity index is 1250. The first-order valence-corrected chi connectivity index (χ1v) is 14.6. The van der Waals surface area contributed by atoms with Gasteiger partial charge in [-0.2, -0.15) is 0 Å². The largest absolute Gasteiger partial charge is 0.469 e. The number of hydrogen-bond donors (Lipinski definition) is 0. The van der Waals surface area contributed by atoms with Gasteiger partial charge in [-0.1, -0.05) is 60.1 Å². The summed E-state index contributed by atoms with van der Waals surface area (Å²) in [6, 6.07) is 0. The van der Waals surface area contributed by atoms with E-state index in [1.807, 2.05) is 19.1 Å². The molecule has 214 valence electrons. The highest BCUT2D eigenvalue weighted by molar-refractivity contribution is 6.03. The van der Waals surface area contributed by atoms with Gasteiger partial charge in [-0.15, -0.1) is 0 Å². The number of fused-ring (bicyclic) bond motifs is 7. The maximum absolute atomic E-state index is 14.4. The Hall–Kier alpha value is -2.22. The maximum atomic E-state index is 14.4. The van der Waals surface area contributed by atoms with Crippen molar-refractivity contribution in [3.63, 3.8) is 0 Å². The first-order valence-electron chi connectivity index (χ1n) is 17.6. The van der Waals surface area contributed by atoms with E-state index in [1.165, 1.54) is 7.11 Å². The van der Waals surface area contributed by atoms with Crippen molar-refractivity contribution in [2.75, 3.05) is 7.11 Å². The molecule has 5 rings (SSSR count). The van der Waals surface area contributed by atoms with Crippen LogP contribution < -0.4 is 0 Å². The third kappa shape index (κ3) is 3.12. The average molecular weight is 542 g/mol. The number of rotatable bonds is 2. The van der Waals surface area contributed by atoms with Crippen LogP contribution in [0.25, 0.3) is 4.85 Å². The molecule has 0 aromatic heterocycles. The van der Waals surface area contributed by atoms with Crippen LogP contribution in [0, 0.1) is 56.8 Å². The van der Waals surface area contributed by atoms with Gasteiger partial charge in [-0.25, -0.2) is 4.85 Å². The van der Waals surface area contributed by atoms with E-state index in [0.29, 0.717) is 6.42 Å². The molecule has 0 saturated heterocycles. The molecule has 5 aliphatic rings. The summed E-state index contributed by atoms with van der Waals surface area (Å²) in [5.41, 5.74) is -0.922. The fraction of sp³-hybridized carbons (Fsp3) is 0.758. The molecule has 0 amide bonds. The molecule has 38 heavy (non-hydrogen) atoms. The first kappa shape index (κ1) is 23.6. The molecule has 3 fully saturated rings. The molecule has 0 heterocycles. The predicted molar refractivity (Wildman–Crippen MR) is 155 cm³/mol. The lowest BCUT2D eigenvalue weighted by molar-refractivity contribution is -0.191. The Labute approximate surface area is 239 Å². The summed E-state index contributed by atoms with van der Waals surface area (Å²) in [4.78, 5) is 45.0. The van der Waals surface area contributed by atoms with E-state index in [-0.39, 0.29) is 58.7 Å². The molecule has 5 heteroatoms. The second-order valence-corrected chi connectivity index (χ2v) is 14.9. The Kier molecular flexibility index (Phi) is 5.07. The van der Waals surface area contributed by atoms with Crippen molar-refractivity contribution in [1.82, 2.24) is 0 Å². The monoisotopic (exact) mass is 541 g/mol. The highest BCUT2D eigenvalue weighted by atomic mass is 16.5. The molecule has 3 saturated carbocycles. The lowest BCUT2D eigenvalue weighted by atomic mass is 9.34. The average Bonchev–Trinajstić information content (AvgIpc) is 3.02. The molecule has 0 unspecified atom stereocenters. The lowest BCUT2D eigenvalue weighted by Crippen LogP contribution is -2.66. The van der Waals surface area contributed by atoms with Gasteiger partial charge in [0, 0.05) is 27.1 Å². The quantitative estimate of drug-likeness (QED) is 0.262. The minimum absolute atomic E-state index is 0. The summed E-state index contributed by atoms with van der Waals surface area (Å²) in [6.07, 6.45) is 10.4. The zero-order valence-corrected chi connectivity index (χ0v) is 24.6. The van der Waals surface area contributed by atoms with Crippen LogP contribution in [0.5, 0.6) is 0 Å². The summed E-state index contributed by atoms with van der Waals surface area (Å²) >= 11 is 0. The van der Waals surface area contributed by atoms with Gasteiger partial charge in [0.2, 0.25) is 5.70 Å². The Morgan fingerprint density at radius 2 is 1.76 bits per heavy atom. The molecule has 0 radical (unpaired) electrons. The summed E-state index contributed by atoms with van der Waals surface area (Å²) in [5.74, 6) is -0.290. The van der Waals surface area contributed by atoms with Crippen LogP contribution in [-0.4, -0.2) is 24.6 Å². The van der Waals surface area contributed by atoms with Crippen molar-refractivity contribution in [3.05, 3.63) is 34.8 Å². The zero-order chi connectivity index (χ0) is 34.1. The van der Waals surface area contributed by atoms with Crippen LogP contribution in [-0.2, 0) is 19.1 Å². The molecule has 0 N–H and O–H groups in total. The maximum Gasteiger partial charge on any atom is 0.312 e. The number of carbonyl (C=O) groups is 3. The SMILES string of the molecule is [3HH].[3H][3H].[3H][3H].[3H][3H].[C-]#[N+]C1=C[C@]2(C)C3=CC(=O)[C@@H]4[C@@H]5CC(C)(C)CC[C@]5(C(=O)OC)CC[C@@]4(C)[C@]3(C)CC[C@H]2[C@](C)(CC)C1=O. The van der Waals surface area contributed by atoms with Gasteiger partial charge in [0.25, 0.3) is 0 Å². The van der Waals surface area contributed by atoms with Gasteiger partial charge < -0.3 is 9.53 Å². The fourth-order valence-corrected chi connectivity index (χ4v) is 10.4. The van der Waals surface area contributed by atoms with E-state index in [4.69, 9.17) is 20.2 Å². The van der Waals surface area contributed by atoms with Gasteiger partial charge in [0.05, 0.1) is 19.1 Å². The topological polar surface area (TPSA) is 64.8 Å². The molecular weight excluding hydrogens is 474 g/mol. The van der Waals surface area contributed by atoms with Gasteiger partial charge in [0.15, 0.2) is 11.6 Å². The molecular formula is C33H53NO4. The number of ketones is 2. The van der Waals surface area contributed by atoms with Gasteiger partial charge in [0.1, 0.15) is 0 Å². The van der Waals surface area contributed by atoms with Crippen LogP contribution in [0.1, 0.15) is 110 Å². The third-order valence-corrected chi connectivity index (χ3v) is 13.0. The highest BCUT2D eigenvalue weighted by Gasteiger charge is 2.71. The summed E-state index contributed by atoms with van der Waals surface area (Å²) in [6.45, 7) is 23.2. The number of allylic oxidation sites excluding steroid dienone is 4. The van der Waals surface area contributed by atoms with Crippen molar-refractivity contribution in [3.8, 4) is 0 Å². The van der Waals surface area contributed by atoms with E-state index in [0.717, 1.165) is 50.5 Å². The van der Waals surface area contributed by atoms with E-state index in [1.54, 1.807) is 0 Å². The normalized spacial score (nSPS) is 47.9. The second-order valence-electron chi connectivity index (χ2n) is 14.9. The Morgan fingerprint density at radius 3 is 2.37 bits per heavy atom. The number of nitrogens with zero attached hydrogens (tertiary/aromatic N) is 1. The molecule has 8 atom stereocenters. The summed E-state index contributed by atoms with van der Waals surface area (Å²) in [7, 11) is 1.49. The fourth-order valence-electron chi connectivity index (χ4n) is 10.4.